The van der Waals surface area contributed by atoms with Gasteiger partial charge in [-0.2, -0.15) is 5.10 Å². The highest BCUT2D eigenvalue weighted by Crippen LogP contribution is 2.06. The summed E-state index contributed by atoms with van der Waals surface area (Å²) in [5.74, 6) is 0. The van der Waals surface area contributed by atoms with Gasteiger partial charge in [0.2, 0.25) is 0 Å². The Hall–Kier alpha value is -1.82. The van der Waals surface area contributed by atoms with E-state index in [-0.39, 0.29) is 0 Å². The highest BCUT2D eigenvalue weighted by Gasteiger charge is 2.02. The molecule has 5 nitrogen and oxygen atoms in total. The number of amides is 1. The Kier molecular flexibility index (Phi) is 5.61. The van der Waals surface area contributed by atoms with Gasteiger partial charge in [0.25, 0.3) is 0 Å². The second-order valence-corrected chi connectivity index (χ2v) is 5.18. The second-order valence-electron chi connectivity index (χ2n) is 4.26. The smallest absolute Gasteiger partial charge is 0.407 e. The molecule has 1 heterocycles. The largest absolute Gasteiger partial charge is 0.445 e. The molecule has 106 valence electrons. The molecule has 20 heavy (non-hydrogen) atoms. The van der Waals surface area contributed by atoms with Crippen LogP contribution in [0.3, 0.4) is 0 Å². The molecule has 0 aliphatic rings. The third-order valence-corrected chi connectivity index (χ3v) is 3.06. The van der Waals surface area contributed by atoms with Crippen LogP contribution in [0.5, 0.6) is 0 Å². The van der Waals surface area contributed by atoms with Gasteiger partial charge in [-0.3, -0.25) is 4.68 Å². The van der Waals surface area contributed by atoms with Crippen LogP contribution in [-0.2, 0) is 17.9 Å². The molecule has 1 N–H and O–H groups in total. The maximum atomic E-state index is 11.5. The van der Waals surface area contributed by atoms with Crippen molar-refractivity contribution < 1.29 is 9.53 Å². The number of hydrogen-bond donors (Lipinski definition) is 1. The number of carbonyl (C=O) groups is 1. The van der Waals surface area contributed by atoms with Crippen molar-refractivity contribution in [2.75, 3.05) is 6.54 Å². The molecule has 6 heteroatoms. The van der Waals surface area contributed by atoms with Gasteiger partial charge in [-0.25, -0.2) is 4.79 Å². The lowest BCUT2D eigenvalue weighted by Gasteiger charge is -2.07. The SMILES string of the molecule is O=C(NCCCn1cc(Br)cn1)OCc1ccccc1. The zero-order chi connectivity index (χ0) is 14.2. The quantitative estimate of drug-likeness (QED) is 0.824. The number of aryl methyl sites for hydroxylation is 1. The fraction of sp³-hybridized carbons (Fsp3) is 0.286. The summed E-state index contributed by atoms with van der Waals surface area (Å²) < 4.78 is 7.88. The van der Waals surface area contributed by atoms with Gasteiger partial charge in [-0.05, 0) is 27.9 Å². The number of carbonyl (C=O) groups excluding carboxylic acids is 1. The third kappa shape index (κ3) is 5.05. The van der Waals surface area contributed by atoms with Crippen LogP contribution in [0.2, 0.25) is 0 Å². The van der Waals surface area contributed by atoms with Gasteiger partial charge in [0.1, 0.15) is 6.61 Å². The Labute approximate surface area is 126 Å². The summed E-state index contributed by atoms with van der Waals surface area (Å²) in [6, 6.07) is 9.60. The Balaban J connectivity index is 1.58. The van der Waals surface area contributed by atoms with Crippen LogP contribution in [0.15, 0.2) is 47.2 Å². The maximum absolute atomic E-state index is 11.5. The third-order valence-electron chi connectivity index (χ3n) is 2.65. The van der Waals surface area contributed by atoms with Gasteiger partial charge in [-0.15, -0.1) is 0 Å². The summed E-state index contributed by atoms with van der Waals surface area (Å²) in [5.41, 5.74) is 0.976. The molecule has 0 aliphatic carbocycles. The minimum absolute atomic E-state index is 0.290. The lowest BCUT2D eigenvalue weighted by atomic mass is 10.2. The fourth-order valence-electron chi connectivity index (χ4n) is 1.67. The molecule has 0 bridgehead atoms. The number of aromatic nitrogens is 2. The predicted molar refractivity (Wildman–Crippen MR) is 79.2 cm³/mol. The number of ether oxygens (including phenoxy) is 1. The first-order valence-electron chi connectivity index (χ1n) is 6.36. The van der Waals surface area contributed by atoms with Gasteiger partial charge in [0, 0.05) is 19.3 Å². The van der Waals surface area contributed by atoms with E-state index in [1.165, 1.54) is 0 Å². The molecule has 2 rings (SSSR count). The lowest BCUT2D eigenvalue weighted by Crippen LogP contribution is -2.26. The van der Waals surface area contributed by atoms with Crippen molar-refractivity contribution in [1.82, 2.24) is 15.1 Å². The van der Waals surface area contributed by atoms with Crippen molar-refractivity contribution in [3.05, 3.63) is 52.8 Å². The zero-order valence-electron chi connectivity index (χ0n) is 11.0. The van der Waals surface area contributed by atoms with Crippen molar-refractivity contribution in [3.63, 3.8) is 0 Å². The topological polar surface area (TPSA) is 56.2 Å². The van der Waals surface area contributed by atoms with Crippen LogP contribution < -0.4 is 5.32 Å². The molecule has 0 radical (unpaired) electrons. The predicted octanol–water partition coefficient (Wildman–Crippen LogP) is 2.96. The van der Waals surface area contributed by atoms with E-state index in [1.807, 2.05) is 41.2 Å². The average molecular weight is 338 g/mol. The summed E-state index contributed by atoms with van der Waals surface area (Å²) in [5, 5.41) is 6.85. The van der Waals surface area contributed by atoms with Gasteiger partial charge in [0.05, 0.1) is 10.7 Å². The van der Waals surface area contributed by atoms with Crippen LogP contribution in [0.4, 0.5) is 4.79 Å². The Morgan fingerprint density at radius 3 is 2.85 bits per heavy atom. The summed E-state index contributed by atoms with van der Waals surface area (Å²) in [7, 11) is 0. The molecule has 0 saturated carbocycles. The molecule has 1 amide bonds. The first-order chi connectivity index (χ1) is 9.74. The fourth-order valence-corrected chi connectivity index (χ4v) is 1.99. The molecule has 2 aromatic rings. The highest BCUT2D eigenvalue weighted by molar-refractivity contribution is 9.10. The molecule has 1 aromatic carbocycles. The highest BCUT2D eigenvalue weighted by atomic mass is 79.9. The van der Waals surface area contributed by atoms with Crippen LogP contribution in [-0.4, -0.2) is 22.4 Å². The van der Waals surface area contributed by atoms with E-state index in [0.717, 1.165) is 23.0 Å². The lowest BCUT2D eigenvalue weighted by molar-refractivity contribution is 0.139. The molecular weight excluding hydrogens is 322 g/mol. The second kappa shape index (κ2) is 7.69. The molecule has 0 aliphatic heterocycles. The molecule has 0 saturated heterocycles. The minimum Gasteiger partial charge on any atom is -0.445 e. The van der Waals surface area contributed by atoms with Crippen LogP contribution >= 0.6 is 15.9 Å². The summed E-state index contributed by atoms with van der Waals surface area (Å²) in [6.45, 7) is 1.61. The molecule has 1 aromatic heterocycles. The number of benzene rings is 1. The van der Waals surface area contributed by atoms with Crippen molar-refractivity contribution >= 4 is 22.0 Å². The van der Waals surface area contributed by atoms with E-state index in [4.69, 9.17) is 4.74 Å². The van der Waals surface area contributed by atoms with E-state index in [9.17, 15) is 4.79 Å². The molecule has 0 fully saturated rings. The van der Waals surface area contributed by atoms with Gasteiger partial charge in [-0.1, -0.05) is 30.3 Å². The standard InChI is InChI=1S/C14H16BrN3O2/c15-13-9-17-18(10-13)8-4-7-16-14(19)20-11-12-5-2-1-3-6-12/h1-3,5-6,9-10H,4,7-8,11H2,(H,16,19). The first-order valence-corrected chi connectivity index (χ1v) is 7.16. The molecule has 0 spiro atoms. The average Bonchev–Trinajstić information content (AvgIpc) is 2.88. The molecule has 0 atom stereocenters. The summed E-state index contributed by atoms with van der Waals surface area (Å²) in [6.07, 6.45) is 4.04. The van der Waals surface area contributed by atoms with E-state index in [2.05, 4.69) is 26.3 Å². The number of halogens is 1. The minimum atomic E-state index is -0.393. The zero-order valence-corrected chi connectivity index (χ0v) is 12.5. The monoisotopic (exact) mass is 337 g/mol. The Morgan fingerprint density at radius 1 is 1.35 bits per heavy atom. The van der Waals surface area contributed by atoms with Crippen LogP contribution in [0.25, 0.3) is 0 Å². The number of alkyl carbamates (subject to hydrolysis) is 1. The summed E-state index contributed by atoms with van der Waals surface area (Å²) in [4.78, 5) is 11.5. The van der Waals surface area contributed by atoms with Crippen molar-refractivity contribution in [2.45, 2.75) is 19.6 Å². The van der Waals surface area contributed by atoms with Crippen molar-refractivity contribution in [1.29, 1.82) is 0 Å². The molecular formula is C14H16BrN3O2. The number of hydrogen-bond acceptors (Lipinski definition) is 3. The van der Waals surface area contributed by atoms with Gasteiger partial charge in [0.15, 0.2) is 0 Å². The molecule has 0 unspecified atom stereocenters. The Morgan fingerprint density at radius 2 is 2.15 bits per heavy atom. The van der Waals surface area contributed by atoms with Gasteiger partial charge < -0.3 is 10.1 Å². The van der Waals surface area contributed by atoms with E-state index < -0.39 is 6.09 Å². The Bertz CT molecular complexity index is 542. The van der Waals surface area contributed by atoms with Crippen molar-refractivity contribution in [2.24, 2.45) is 0 Å². The summed E-state index contributed by atoms with van der Waals surface area (Å²) >= 11 is 3.33. The number of nitrogens with one attached hydrogen (secondary N) is 1. The van der Waals surface area contributed by atoms with E-state index in [0.29, 0.717) is 13.2 Å². The van der Waals surface area contributed by atoms with Crippen LogP contribution in [0.1, 0.15) is 12.0 Å². The van der Waals surface area contributed by atoms with Crippen LogP contribution in [0, 0.1) is 0 Å². The normalized spacial score (nSPS) is 10.2. The van der Waals surface area contributed by atoms with Crippen molar-refractivity contribution in [3.8, 4) is 0 Å². The number of rotatable bonds is 6. The van der Waals surface area contributed by atoms with E-state index >= 15 is 0 Å². The number of nitrogens with zero attached hydrogens (tertiary/aromatic N) is 2. The van der Waals surface area contributed by atoms with E-state index in [1.54, 1.807) is 6.20 Å². The maximum Gasteiger partial charge on any atom is 0.407 e. The van der Waals surface area contributed by atoms with Gasteiger partial charge >= 0.3 is 6.09 Å². The first kappa shape index (κ1) is 14.6.